The van der Waals surface area contributed by atoms with Gasteiger partial charge >= 0.3 is 5.97 Å². The summed E-state index contributed by atoms with van der Waals surface area (Å²) in [7, 11) is 2.04. The number of carboxylic acid groups (broad SMARTS) is 1. The van der Waals surface area contributed by atoms with Gasteiger partial charge < -0.3 is 24.2 Å². The number of benzene rings is 4. The molecule has 370 valence electrons. The van der Waals surface area contributed by atoms with Crippen LogP contribution >= 0.6 is 11.3 Å². The van der Waals surface area contributed by atoms with Crippen LogP contribution in [0.3, 0.4) is 0 Å². The minimum absolute atomic E-state index is 0.0135. The number of aromatic carboxylic acids is 1. The molecule has 2 saturated heterocycles. The maximum Gasteiger partial charge on any atom is 0.355 e. The molecule has 72 heavy (non-hydrogen) atoms. The van der Waals surface area contributed by atoms with Crippen LogP contribution < -0.4 is 25.2 Å². The van der Waals surface area contributed by atoms with Gasteiger partial charge in [0.05, 0.1) is 33.3 Å². The number of amides is 3. The third-order valence-electron chi connectivity index (χ3n) is 15.3. The van der Waals surface area contributed by atoms with Crippen molar-refractivity contribution in [3.05, 3.63) is 125 Å². The zero-order chi connectivity index (χ0) is 49.5. The summed E-state index contributed by atoms with van der Waals surface area (Å²) in [5.74, 6) is 0.938. The van der Waals surface area contributed by atoms with Crippen molar-refractivity contribution in [3.63, 3.8) is 0 Å². The number of rotatable bonds is 13. The van der Waals surface area contributed by atoms with Crippen molar-refractivity contribution < 1.29 is 29.0 Å². The van der Waals surface area contributed by atoms with Crippen LogP contribution in [-0.2, 0) is 29.6 Å². The zero-order valence-corrected chi connectivity index (χ0v) is 41.5. The number of hydrogen-bond acceptors (Lipinski definition) is 12. The van der Waals surface area contributed by atoms with E-state index in [1.807, 2.05) is 104 Å². The highest BCUT2D eigenvalue weighted by Gasteiger charge is 2.30. The average Bonchev–Trinajstić information content (AvgIpc) is 3.96. The lowest BCUT2D eigenvalue weighted by molar-refractivity contribution is -0.134. The number of nitrogens with one attached hydrogen (secondary N) is 2. The molecule has 3 aromatic heterocycles. The van der Waals surface area contributed by atoms with Crippen molar-refractivity contribution >= 4 is 73.2 Å². The molecule has 1 aliphatic carbocycles. The number of anilines is 3. The molecule has 15 nitrogen and oxygen atoms in total. The number of para-hydroxylation sites is 1. The lowest BCUT2D eigenvalue weighted by Crippen LogP contribution is -2.47. The van der Waals surface area contributed by atoms with Crippen molar-refractivity contribution in [2.45, 2.75) is 83.3 Å². The standard InChI is InChI=1S/C56H59N9O6S/c1-34-31-39(71-38-15-12-35(13-16-38)7-6-25-63-27-29-64(30-28-63)56-58-45-21-14-37(32-47(45)62(56)2)41-20-23-50(66)60-52(41)67)17-18-40(34)42-19-22-49(59-51(42)54(69)70)65-26-24-36-8-5-9-43(44(36)33-65)53(68)61-55-57-46-10-3-4-11-48(46)72-55/h3-5,8-11,14,17-19,21-22,31-32,35,38,41H,6-7,12-13,15-16,20,23-30,33H2,1-2H3,(H,69,70)(H,57,61,68)(H,60,66,67). The van der Waals surface area contributed by atoms with E-state index in [9.17, 15) is 24.3 Å². The third-order valence-corrected chi connectivity index (χ3v) is 16.2. The maximum atomic E-state index is 13.6. The first kappa shape index (κ1) is 47.2. The molecule has 11 rings (SSSR count). The molecule has 3 fully saturated rings. The molecule has 16 heteroatoms. The Morgan fingerprint density at radius 1 is 0.819 bits per heavy atom. The number of nitrogens with zero attached hydrogens (tertiary/aromatic N) is 7. The number of carboxylic acids is 1. The van der Waals surface area contributed by atoms with E-state index < -0.39 is 5.97 Å². The number of pyridine rings is 1. The van der Waals surface area contributed by atoms with E-state index >= 15 is 0 Å². The summed E-state index contributed by atoms with van der Waals surface area (Å²) in [6.45, 7) is 7.96. The van der Waals surface area contributed by atoms with Crippen LogP contribution in [0.1, 0.15) is 100 Å². The fourth-order valence-electron chi connectivity index (χ4n) is 11.3. The molecule has 0 spiro atoms. The molecule has 0 radical (unpaired) electrons. The monoisotopic (exact) mass is 985 g/mol. The van der Waals surface area contributed by atoms with Gasteiger partial charge in [0.2, 0.25) is 17.8 Å². The molecule has 4 aromatic carbocycles. The summed E-state index contributed by atoms with van der Waals surface area (Å²) in [5, 5.41) is 16.5. The van der Waals surface area contributed by atoms with Gasteiger partial charge in [-0.3, -0.25) is 29.9 Å². The van der Waals surface area contributed by atoms with E-state index in [-0.39, 0.29) is 35.4 Å². The largest absolute Gasteiger partial charge is 0.490 e. The molecule has 3 aliphatic heterocycles. The number of hydrogen-bond donors (Lipinski definition) is 3. The highest BCUT2D eigenvalue weighted by molar-refractivity contribution is 7.22. The van der Waals surface area contributed by atoms with E-state index in [0.29, 0.717) is 60.3 Å². The first-order valence-corrected chi connectivity index (χ1v) is 26.1. The zero-order valence-electron chi connectivity index (χ0n) is 40.7. The normalized spacial score (nSPS) is 19.6. The lowest BCUT2D eigenvalue weighted by atomic mass is 9.84. The number of ether oxygens (including phenoxy) is 1. The molecular weight excluding hydrogens is 927 g/mol. The fourth-order valence-corrected chi connectivity index (χ4v) is 12.2. The predicted octanol–water partition coefficient (Wildman–Crippen LogP) is 9.13. The molecule has 3 amide bonds. The third kappa shape index (κ3) is 9.77. The van der Waals surface area contributed by atoms with Crippen molar-refractivity contribution in [2.24, 2.45) is 13.0 Å². The van der Waals surface area contributed by atoms with Crippen molar-refractivity contribution in [1.29, 1.82) is 0 Å². The Kier molecular flexibility index (Phi) is 13.2. The average molecular weight is 986 g/mol. The van der Waals surface area contributed by atoms with E-state index in [4.69, 9.17) is 14.7 Å². The van der Waals surface area contributed by atoms with Gasteiger partial charge in [-0.15, -0.1) is 0 Å². The Hall–Kier alpha value is -7.17. The summed E-state index contributed by atoms with van der Waals surface area (Å²) >= 11 is 1.44. The van der Waals surface area contributed by atoms with Crippen LogP contribution in [0.2, 0.25) is 0 Å². The molecular formula is C56H59N9O6S. The second-order valence-electron chi connectivity index (χ2n) is 19.9. The molecule has 3 N–H and O–H groups in total. The van der Waals surface area contributed by atoms with Crippen molar-refractivity contribution in [2.75, 3.05) is 54.4 Å². The SMILES string of the molecule is Cc1cc(OC2CCC(CCCN3CCN(c4nc5ccc(C6CCC(=O)NC6=O)cc5n4C)CC3)CC2)ccc1-c1ccc(N2CCc3cccc(C(=O)Nc4nc5ccccc5s4)c3C2)nc1C(=O)O. The number of carbonyl (C=O) groups is 4. The van der Waals surface area contributed by atoms with Gasteiger partial charge in [0, 0.05) is 63.9 Å². The number of aromatic nitrogens is 4. The van der Waals surface area contributed by atoms with Crippen LogP contribution in [-0.4, -0.2) is 98.6 Å². The summed E-state index contributed by atoms with van der Waals surface area (Å²) < 4.78 is 9.69. The van der Waals surface area contributed by atoms with Crippen LogP contribution in [0.5, 0.6) is 5.75 Å². The Balaban J connectivity index is 0.649. The Bertz CT molecular complexity index is 3190. The number of piperazine rings is 1. The lowest BCUT2D eigenvalue weighted by Gasteiger charge is -2.35. The van der Waals surface area contributed by atoms with Crippen molar-refractivity contribution in [3.8, 4) is 16.9 Å². The Morgan fingerprint density at radius 2 is 1.64 bits per heavy atom. The molecule has 1 atom stereocenters. The number of imide groups is 1. The Morgan fingerprint density at radius 3 is 2.43 bits per heavy atom. The second kappa shape index (κ2) is 20.1. The van der Waals surface area contributed by atoms with Gasteiger partial charge in [-0.25, -0.2) is 19.7 Å². The highest BCUT2D eigenvalue weighted by atomic mass is 32.1. The van der Waals surface area contributed by atoms with Crippen LogP contribution in [0.4, 0.5) is 16.9 Å². The molecule has 4 aliphatic rings. The minimum Gasteiger partial charge on any atom is -0.490 e. The van der Waals surface area contributed by atoms with Crippen molar-refractivity contribution in [1.82, 2.24) is 29.7 Å². The van der Waals surface area contributed by atoms with Gasteiger partial charge in [-0.05, 0) is 153 Å². The molecule has 6 heterocycles. The predicted molar refractivity (Wildman–Crippen MR) is 280 cm³/mol. The minimum atomic E-state index is -1.10. The maximum absolute atomic E-state index is 13.6. The molecule has 7 aromatic rings. The number of thiazole rings is 1. The summed E-state index contributed by atoms with van der Waals surface area (Å²) in [5.41, 5.74) is 8.49. The van der Waals surface area contributed by atoms with Gasteiger partial charge in [-0.1, -0.05) is 47.7 Å². The summed E-state index contributed by atoms with van der Waals surface area (Å²) in [6.07, 6.45) is 8.46. The van der Waals surface area contributed by atoms with Crippen LogP contribution in [0, 0.1) is 12.8 Å². The number of aryl methyl sites for hydroxylation is 2. The van der Waals surface area contributed by atoms with Gasteiger partial charge in [0.1, 0.15) is 11.6 Å². The van der Waals surface area contributed by atoms with E-state index in [1.54, 1.807) is 0 Å². The second-order valence-corrected chi connectivity index (χ2v) is 20.9. The van der Waals surface area contributed by atoms with E-state index in [1.165, 1.54) is 24.2 Å². The van der Waals surface area contributed by atoms with Gasteiger partial charge in [0.25, 0.3) is 5.91 Å². The Labute approximate surface area is 422 Å². The highest BCUT2D eigenvalue weighted by Crippen LogP contribution is 2.36. The number of imidazole rings is 1. The van der Waals surface area contributed by atoms with Crippen LogP contribution in [0.25, 0.3) is 32.4 Å². The molecule has 1 saturated carbocycles. The topological polar surface area (TPSA) is 175 Å². The summed E-state index contributed by atoms with van der Waals surface area (Å²) in [6, 6.07) is 29.3. The van der Waals surface area contributed by atoms with Crippen LogP contribution in [0.15, 0.2) is 91.0 Å². The smallest absolute Gasteiger partial charge is 0.355 e. The first-order valence-electron chi connectivity index (χ1n) is 25.3. The number of fused-ring (bicyclic) bond motifs is 3. The number of piperidine rings is 1. The van der Waals surface area contributed by atoms with Gasteiger partial charge in [0.15, 0.2) is 10.8 Å². The van der Waals surface area contributed by atoms with E-state index in [0.717, 1.165) is 119 Å². The fraction of sp³-hybridized carbons (Fsp3) is 0.375. The van der Waals surface area contributed by atoms with Gasteiger partial charge in [-0.2, -0.15) is 0 Å². The quantitative estimate of drug-likeness (QED) is 0.0937. The molecule has 1 unspecified atom stereocenters. The summed E-state index contributed by atoms with van der Waals surface area (Å²) in [4.78, 5) is 71.9. The molecule has 0 bridgehead atoms. The van der Waals surface area contributed by atoms with E-state index in [2.05, 4.69) is 36.1 Å². The first-order chi connectivity index (χ1) is 35.0. The number of carbonyl (C=O) groups excluding carboxylic acids is 3.